The monoisotopic (exact) mass is 407 g/mol. The Kier molecular flexibility index (Phi) is 6.40. The van der Waals surface area contributed by atoms with Crippen molar-refractivity contribution in [2.24, 2.45) is 5.92 Å². The van der Waals surface area contributed by atoms with Gasteiger partial charge in [0.1, 0.15) is 5.54 Å². The molecule has 0 unspecified atom stereocenters. The first-order chi connectivity index (χ1) is 14.3. The molecule has 0 saturated heterocycles. The zero-order valence-electron chi connectivity index (χ0n) is 18.1. The average Bonchev–Trinajstić information content (AvgIpc) is 2.96. The van der Waals surface area contributed by atoms with Gasteiger partial charge in [-0.15, -0.1) is 0 Å². The molecule has 0 saturated carbocycles. The van der Waals surface area contributed by atoms with Gasteiger partial charge in [-0.1, -0.05) is 38.5 Å². The molecule has 1 aliphatic rings. The molecule has 0 radical (unpaired) electrons. The molecule has 1 heterocycles. The Morgan fingerprint density at radius 3 is 2.57 bits per heavy atom. The number of pyridine rings is 1. The lowest BCUT2D eigenvalue weighted by Gasteiger charge is -2.28. The molecule has 1 aromatic heterocycles. The molecule has 0 aliphatic heterocycles. The number of para-hydroxylation sites is 1. The molecular formula is C24H29N3O3. The third-order valence-electron chi connectivity index (χ3n) is 6.05. The number of benzene rings is 1. The van der Waals surface area contributed by atoms with Crippen LogP contribution in [0.1, 0.15) is 68.6 Å². The smallest absolute Gasteiger partial charge is 0.339 e. The predicted octanol–water partition coefficient (Wildman–Crippen LogP) is 4.10. The summed E-state index contributed by atoms with van der Waals surface area (Å²) in [6.07, 6.45) is 3.74. The second kappa shape index (κ2) is 8.83. The Balaban J connectivity index is 1.91. The summed E-state index contributed by atoms with van der Waals surface area (Å²) in [6, 6.07) is 9.69. The van der Waals surface area contributed by atoms with Gasteiger partial charge in [0, 0.05) is 11.1 Å². The lowest BCUT2D eigenvalue weighted by molar-refractivity contribution is -0.130. The molecule has 1 N–H and O–H groups in total. The summed E-state index contributed by atoms with van der Waals surface area (Å²) in [5.74, 6) is -1.09. The summed E-state index contributed by atoms with van der Waals surface area (Å²) in [4.78, 5) is 30.7. The number of hydrogen-bond acceptors (Lipinski definition) is 5. The van der Waals surface area contributed by atoms with E-state index in [-0.39, 0.29) is 5.92 Å². The molecular weight excluding hydrogens is 378 g/mol. The van der Waals surface area contributed by atoms with E-state index in [1.807, 2.05) is 38.1 Å². The highest BCUT2D eigenvalue weighted by molar-refractivity contribution is 6.05. The number of amides is 1. The number of aryl methyl sites for hydroxylation is 1. The fourth-order valence-corrected chi connectivity index (χ4v) is 3.71. The van der Waals surface area contributed by atoms with Crippen LogP contribution >= 0.6 is 0 Å². The molecule has 3 rings (SSSR count). The Hall–Kier alpha value is -2.94. The minimum Gasteiger partial charge on any atom is -0.449 e. The van der Waals surface area contributed by atoms with Crippen LogP contribution in [-0.2, 0) is 22.4 Å². The van der Waals surface area contributed by atoms with Crippen LogP contribution in [0.3, 0.4) is 0 Å². The van der Waals surface area contributed by atoms with Crippen LogP contribution < -0.4 is 5.32 Å². The number of nitrogens with one attached hydrogen (secondary N) is 1. The maximum atomic E-state index is 13.2. The van der Waals surface area contributed by atoms with Crippen LogP contribution in [0.5, 0.6) is 0 Å². The standard InChI is InChI=1S/C24H29N3O3/c1-15(2)24(4,14-25)27-22(28)16(3)30-23(29)21-17-10-6-5-7-12-19(17)26-20-13-9-8-11-18(20)21/h8-9,11,13,15-16H,5-7,10,12H2,1-4H3,(H,27,28)/t16-,24-/m1/s1. The first kappa shape index (κ1) is 21.8. The van der Waals surface area contributed by atoms with Crippen molar-refractivity contribution in [1.82, 2.24) is 10.3 Å². The number of hydrogen-bond donors (Lipinski definition) is 1. The van der Waals surface area contributed by atoms with Crippen molar-refractivity contribution in [2.75, 3.05) is 0 Å². The number of ether oxygens (including phenoxy) is 1. The van der Waals surface area contributed by atoms with Gasteiger partial charge in [0.2, 0.25) is 0 Å². The number of fused-ring (bicyclic) bond motifs is 2. The molecule has 0 bridgehead atoms. The molecule has 0 fully saturated rings. The summed E-state index contributed by atoms with van der Waals surface area (Å²) in [5, 5.41) is 12.9. The Labute approximate surface area is 177 Å². The van der Waals surface area contributed by atoms with Crippen molar-refractivity contribution >= 4 is 22.8 Å². The number of carbonyl (C=O) groups is 2. The van der Waals surface area contributed by atoms with E-state index in [1.165, 1.54) is 6.92 Å². The van der Waals surface area contributed by atoms with E-state index in [0.29, 0.717) is 5.56 Å². The summed E-state index contributed by atoms with van der Waals surface area (Å²) < 4.78 is 5.60. The van der Waals surface area contributed by atoms with Crippen LogP contribution in [0.25, 0.3) is 10.9 Å². The van der Waals surface area contributed by atoms with Crippen LogP contribution in [0, 0.1) is 17.2 Å². The summed E-state index contributed by atoms with van der Waals surface area (Å²) in [7, 11) is 0. The molecule has 30 heavy (non-hydrogen) atoms. The number of nitrogens with zero attached hydrogens (tertiary/aromatic N) is 2. The molecule has 6 nitrogen and oxygen atoms in total. The molecule has 6 heteroatoms. The molecule has 2 atom stereocenters. The zero-order valence-corrected chi connectivity index (χ0v) is 18.1. The summed E-state index contributed by atoms with van der Waals surface area (Å²) in [6.45, 7) is 6.92. The second-order valence-electron chi connectivity index (χ2n) is 8.50. The van der Waals surface area contributed by atoms with Gasteiger partial charge in [0.05, 0.1) is 17.1 Å². The van der Waals surface area contributed by atoms with E-state index in [4.69, 9.17) is 9.72 Å². The second-order valence-corrected chi connectivity index (χ2v) is 8.50. The first-order valence-electron chi connectivity index (χ1n) is 10.6. The third-order valence-corrected chi connectivity index (χ3v) is 6.05. The van der Waals surface area contributed by atoms with Gasteiger partial charge in [-0.2, -0.15) is 5.26 Å². The summed E-state index contributed by atoms with van der Waals surface area (Å²) in [5.41, 5.74) is 2.14. The highest BCUT2D eigenvalue weighted by Gasteiger charge is 2.33. The largest absolute Gasteiger partial charge is 0.449 e. The Morgan fingerprint density at radius 1 is 1.17 bits per heavy atom. The maximum absolute atomic E-state index is 13.2. The summed E-state index contributed by atoms with van der Waals surface area (Å²) >= 11 is 0. The lowest BCUT2D eigenvalue weighted by Crippen LogP contribution is -2.52. The first-order valence-corrected chi connectivity index (χ1v) is 10.6. The minimum atomic E-state index is -1.03. The minimum absolute atomic E-state index is 0.0886. The van der Waals surface area contributed by atoms with Crippen molar-refractivity contribution in [3.63, 3.8) is 0 Å². The number of rotatable bonds is 5. The highest BCUT2D eigenvalue weighted by atomic mass is 16.5. The molecule has 1 aromatic carbocycles. The highest BCUT2D eigenvalue weighted by Crippen LogP contribution is 2.29. The fraction of sp³-hybridized carbons (Fsp3) is 0.500. The van der Waals surface area contributed by atoms with Gasteiger partial charge in [-0.05, 0) is 57.1 Å². The van der Waals surface area contributed by atoms with Gasteiger partial charge >= 0.3 is 5.97 Å². The normalized spacial score (nSPS) is 16.7. The molecule has 1 aliphatic carbocycles. The molecule has 1 amide bonds. The van der Waals surface area contributed by atoms with E-state index in [9.17, 15) is 14.9 Å². The fourth-order valence-electron chi connectivity index (χ4n) is 3.71. The van der Waals surface area contributed by atoms with E-state index >= 15 is 0 Å². The van der Waals surface area contributed by atoms with Gasteiger partial charge in [0.15, 0.2) is 6.10 Å². The van der Waals surface area contributed by atoms with Crippen molar-refractivity contribution in [1.29, 1.82) is 5.26 Å². The van der Waals surface area contributed by atoms with Crippen molar-refractivity contribution in [3.05, 3.63) is 41.1 Å². The predicted molar refractivity (Wildman–Crippen MR) is 115 cm³/mol. The van der Waals surface area contributed by atoms with E-state index in [2.05, 4.69) is 11.4 Å². The number of nitriles is 1. The topological polar surface area (TPSA) is 92.1 Å². The van der Waals surface area contributed by atoms with Crippen LogP contribution in [0.15, 0.2) is 24.3 Å². The van der Waals surface area contributed by atoms with Gasteiger partial charge in [-0.25, -0.2) is 4.79 Å². The quantitative estimate of drug-likeness (QED) is 0.595. The van der Waals surface area contributed by atoms with E-state index < -0.39 is 23.5 Å². The molecule has 2 aromatic rings. The SMILES string of the molecule is CC(C)[C@@](C)(C#N)NC(=O)[C@@H](C)OC(=O)c1c2c(nc3ccccc13)CCCCC2. The maximum Gasteiger partial charge on any atom is 0.339 e. The van der Waals surface area contributed by atoms with E-state index in [1.54, 1.807) is 6.92 Å². The van der Waals surface area contributed by atoms with E-state index in [0.717, 1.165) is 54.3 Å². The average molecular weight is 408 g/mol. The molecule has 158 valence electrons. The van der Waals surface area contributed by atoms with Gasteiger partial charge in [0.25, 0.3) is 5.91 Å². The third kappa shape index (κ3) is 4.30. The number of aromatic nitrogens is 1. The van der Waals surface area contributed by atoms with Crippen molar-refractivity contribution in [2.45, 2.75) is 71.4 Å². The Morgan fingerprint density at radius 2 is 1.87 bits per heavy atom. The van der Waals surface area contributed by atoms with Crippen molar-refractivity contribution in [3.8, 4) is 6.07 Å². The van der Waals surface area contributed by atoms with Gasteiger partial charge in [-0.3, -0.25) is 9.78 Å². The zero-order chi connectivity index (χ0) is 21.9. The van der Waals surface area contributed by atoms with Crippen molar-refractivity contribution < 1.29 is 14.3 Å². The van der Waals surface area contributed by atoms with Crippen LogP contribution in [0.4, 0.5) is 0 Å². The van der Waals surface area contributed by atoms with Gasteiger partial charge < -0.3 is 10.1 Å². The van der Waals surface area contributed by atoms with Crippen LogP contribution in [0.2, 0.25) is 0 Å². The van der Waals surface area contributed by atoms with Crippen LogP contribution in [-0.4, -0.2) is 28.5 Å². The Bertz CT molecular complexity index is 1010. The number of carbonyl (C=O) groups excluding carboxylic acids is 2. The number of esters is 1. The lowest BCUT2D eigenvalue weighted by atomic mass is 9.90. The molecule has 0 spiro atoms.